The molecule has 0 radical (unpaired) electrons. The molecule has 0 aromatic rings. The Balaban J connectivity index is 0. The molecular formula is C19H44ClNOSi. The third kappa shape index (κ3) is 20.4. The van der Waals surface area contributed by atoms with Gasteiger partial charge in [-0.25, -0.2) is 0 Å². The Kier molecular flexibility index (Phi) is 16.5. The van der Waals surface area contributed by atoms with Crippen molar-refractivity contribution in [2.75, 3.05) is 33.8 Å². The highest BCUT2D eigenvalue weighted by Gasteiger charge is 2.18. The lowest BCUT2D eigenvalue weighted by Crippen LogP contribution is -3.00. The first-order chi connectivity index (χ1) is 10.3. The minimum atomic E-state index is -1.33. The van der Waals surface area contributed by atoms with E-state index in [4.69, 9.17) is 4.43 Å². The zero-order chi connectivity index (χ0) is 16.9. The van der Waals surface area contributed by atoms with Gasteiger partial charge in [-0.15, -0.1) is 0 Å². The van der Waals surface area contributed by atoms with Gasteiger partial charge in [0, 0.05) is 0 Å². The average Bonchev–Trinajstić information content (AvgIpc) is 2.39. The van der Waals surface area contributed by atoms with E-state index in [-0.39, 0.29) is 12.4 Å². The van der Waals surface area contributed by atoms with Gasteiger partial charge in [0.15, 0.2) is 8.32 Å². The van der Waals surface area contributed by atoms with E-state index in [9.17, 15) is 0 Å². The molecule has 0 aliphatic carbocycles. The molecule has 4 heteroatoms. The van der Waals surface area contributed by atoms with Crippen LogP contribution < -0.4 is 12.4 Å². The fourth-order valence-electron chi connectivity index (χ4n) is 2.74. The highest BCUT2D eigenvalue weighted by molar-refractivity contribution is 6.69. The monoisotopic (exact) mass is 365 g/mol. The van der Waals surface area contributed by atoms with Gasteiger partial charge in [0.05, 0.1) is 27.2 Å². The molecular weight excluding hydrogens is 322 g/mol. The zero-order valence-electron chi connectivity index (χ0n) is 16.9. The van der Waals surface area contributed by atoms with Gasteiger partial charge in [-0.3, -0.25) is 0 Å². The molecule has 0 rings (SSSR count). The van der Waals surface area contributed by atoms with Crippen LogP contribution in [-0.2, 0) is 4.43 Å². The Morgan fingerprint density at radius 2 is 1.13 bits per heavy atom. The van der Waals surface area contributed by atoms with Crippen molar-refractivity contribution in [3.8, 4) is 0 Å². The molecule has 142 valence electrons. The lowest BCUT2D eigenvalue weighted by Gasteiger charge is -2.31. The van der Waals surface area contributed by atoms with E-state index in [0.29, 0.717) is 0 Å². The van der Waals surface area contributed by atoms with Gasteiger partial charge in [0.1, 0.15) is 6.54 Å². The maximum Gasteiger partial charge on any atom is 0.184 e. The van der Waals surface area contributed by atoms with E-state index in [1.807, 2.05) is 0 Å². The van der Waals surface area contributed by atoms with Crippen LogP contribution in [0.4, 0.5) is 0 Å². The number of rotatable bonds is 15. The molecule has 0 N–H and O–H groups in total. The molecule has 0 saturated carbocycles. The Morgan fingerprint density at radius 1 is 0.696 bits per heavy atom. The van der Waals surface area contributed by atoms with Crippen molar-refractivity contribution >= 4 is 8.32 Å². The molecule has 0 fully saturated rings. The van der Waals surface area contributed by atoms with Gasteiger partial charge in [0.2, 0.25) is 0 Å². The van der Waals surface area contributed by atoms with Crippen molar-refractivity contribution in [1.29, 1.82) is 0 Å². The summed E-state index contributed by atoms with van der Waals surface area (Å²) >= 11 is 0. The smallest absolute Gasteiger partial charge is 0.184 e. The van der Waals surface area contributed by atoms with E-state index in [1.54, 1.807) is 0 Å². The predicted octanol–water partition coefficient (Wildman–Crippen LogP) is 2.84. The quantitative estimate of drug-likeness (QED) is 0.246. The van der Waals surface area contributed by atoms with Gasteiger partial charge < -0.3 is 21.3 Å². The third-order valence-electron chi connectivity index (χ3n) is 4.35. The van der Waals surface area contributed by atoms with Crippen molar-refractivity contribution in [2.24, 2.45) is 0 Å². The molecule has 0 unspecified atom stereocenters. The minimum absolute atomic E-state index is 0. The molecule has 0 aromatic carbocycles. The van der Waals surface area contributed by atoms with Gasteiger partial charge in [-0.2, -0.15) is 0 Å². The van der Waals surface area contributed by atoms with Gasteiger partial charge >= 0.3 is 0 Å². The van der Waals surface area contributed by atoms with Crippen LogP contribution in [0.15, 0.2) is 0 Å². The molecule has 0 aliphatic rings. The molecule has 0 amide bonds. The molecule has 0 spiro atoms. The predicted molar refractivity (Wildman–Crippen MR) is 103 cm³/mol. The van der Waals surface area contributed by atoms with Gasteiger partial charge in [0.25, 0.3) is 0 Å². The number of likely N-dealkylation sites (N-methyl/N-ethyl adjacent to an activating group) is 1. The minimum Gasteiger partial charge on any atom is -1.00 e. The molecule has 0 saturated heterocycles. The van der Waals surface area contributed by atoms with Crippen LogP contribution in [0.1, 0.15) is 71.1 Å². The Labute approximate surface area is 154 Å². The molecule has 0 aliphatic heterocycles. The van der Waals surface area contributed by atoms with E-state index in [2.05, 4.69) is 40.7 Å². The van der Waals surface area contributed by atoms with Crippen LogP contribution >= 0.6 is 0 Å². The number of hydrogen-bond acceptors (Lipinski definition) is 1. The summed E-state index contributed by atoms with van der Waals surface area (Å²) in [7, 11) is 3.36. The highest BCUT2D eigenvalue weighted by Crippen LogP contribution is 2.12. The van der Waals surface area contributed by atoms with Crippen molar-refractivity contribution in [2.45, 2.75) is 90.8 Å². The number of halogens is 1. The Hall–Kier alpha value is 0.427. The number of nitrogens with zero attached hydrogens (tertiary/aromatic N) is 1. The molecule has 2 nitrogen and oxygen atoms in total. The van der Waals surface area contributed by atoms with Crippen LogP contribution in [0, 0.1) is 0 Å². The summed E-state index contributed by atoms with van der Waals surface area (Å²) in [6.45, 7) is 12.5. The zero-order valence-corrected chi connectivity index (χ0v) is 18.7. The first kappa shape index (κ1) is 25.7. The van der Waals surface area contributed by atoms with Crippen molar-refractivity contribution < 1.29 is 21.3 Å². The van der Waals surface area contributed by atoms with Crippen LogP contribution in [0.5, 0.6) is 0 Å². The van der Waals surface area contributed by atoms with E-state index < -0.39 is 8.32 Å². The summed E-state index contributed by atoms with van der Waals surface area (Å²) in [5, 5.41) is 0. The summed E-state index contributed by atoms with van der Waals surface area (Å²) in [5.41, 5.74) is 0. The fraction of sp³-hybridized carbons (Fsp3) is 1.00. The number of quaternary nitrogens is 1. The number of hydrogen-bond donors (Lipinski definition) is 0. The highest BCUT2D eigenvalue weighted by atomic mass is 35.5. The molecule has 23 heavy (non-hydrogen) atoms. The lowest BCUT2D eigenvalue weighted by molar-refractivity contribution is -0.890. The summed E-state index contributed by atoms with van der Waals surface area (Å²) < 4.78 is 7.10. The summed E-state index contributed by atoms with van der Waals surface area (Å²) in [6.07, 6.45) is 14.2. The summed E-state index contributed by atoms with van der Waals surface area (Å²) in [5.74, 6) is 0. The summed E-state index contributed by atoms with van der Waals surface area (Å²) in [4.78, 5) is 0. The molecule has 0 atom stereocenters. The first-order valence-electron chi connectivity index (χ1n) is 9.73. The van der Waals surface area contributed by atoms with E-state index in [1.165, 1.54) is 70.8 Å². The first-order valence-corrected chi connectivity index (χ1v) is 13.1. The average molecular weight is 366 g/mol. The third-order valence-corrected chi connectivity index (χ3v) is 5.42. The normalized spacial score (nSPS) is 12.3. The topological polar surface area (TPSA) is 9.23 Å². The molecule has 0 heterocycles. The van der Waals surface area contributed by atoms with Crippen LogP contribution in [0.3, 0.4) is 0 Å². The van der Waals surface area contributed by atoms with Gasteiger partial charge in [-0.1, -0.05) is 58.3 Å². The van der Waals surface area contributed by atoms with Crippen LogP contribution in [-0.4, -0.2) is 46.6 Å². The standard InChI is InChI=1S/C19H44NOSi.ClH/c1-7-8-9-10-11-12-13-14-15-16-17-20(2,3)18-19-21-22(4,5)6;/h7-19H2,1-6H3;1H/q+1;/p-1. The maximum absolute atomic E-state index is 5.99. The van der Waals surface area contributed by atoms with Crippen molar-refractivity contribution in [3.63, 3.8) is 0 Å². The van der Waals surface area contributed by atoms with E-state index in [0.717, 1.165) is 17.6 Å². The van der Waals surface area contributed by atoms with Crippen molar-refractivity contribution in [3.05, 3.63) is 0 Å². The summed E-state index contributed by atoms with van der Waals surface area (Å²) in [6, 6.07) is 0. The molecule has 0 aromatic heterocycles. The fourth-order valence-corrected chi connectivity index (χ4v) is 3.44. The SMILES string of the molecule is CCCCCCCCCCCC[N+](C)(C)CCO[Si](C)(C)C.[Cl-]. The van der Waals surface area contributed by atoms with Crippen LogP contribution in [0.25, 0.3) is 0 Å². The second kappa shape index (κ2) is 14.7. The maximum atomic E-state index is 5.99. The lowest BCUT2D eigenvalue weighted by atomic mass is 10.1. The molecule has 0 bridgehead atoms. The van der Waals surface area contributed by atoms with Gasteiger partial charge in [-0.05, 0) is 32.5 Å². The Morgan fingerprint density at radius 3 is 1.57 bits per heavy atom. The van der Waals surface area contributed by atoms with Crippen LogP contribution in [0.2, 0.25) is 19.6 Å². The Bertz CT molecular complexity index is 254. The second-order valence-electron chi connectivity index (χ2n) is 8.53. The second-order valence-corrected chi connectivity index (χ2v) is 13.0. The number of unbranched alkanes of at least 4 members (excludes halogenated alkanes) is 9. The van der Waals surface area contributed by atoms with E-state index >= 15 is 0 Å². The largest absolute Gasteiger partial charge is 1.00 e. The van der Waals surface area contributed by atoms with Crippen molar-refractivity contribution in [1.82, 2.24) is 0 Å².